The Labute approximate surface area is 92.1 Å². The third-order valence-corrected chi connectivity index (χ3v) is 2.52. The molecule has 1 aliphatic rings. The van der Waals surface area contributed by atoms with Gasteiger partial charge in [-0.25, -0.2) is 0 Å². The van der Waals surface area contributed by atoms with Crippen molar-refractivity contribution in [1.29, 1.82) is 0 Å². The van der Waals surface area contributed by atoms with Crippen LogP contribution in [0.5, 0.6) is 0 Å². The van der Waals surface area contributed by atoms with Crippen molar-refractivity contribution < 1.29 is 19.1 Å². The lowest BCUT2D eigenvalue weighted by atomic mass is 10.1. The minimum absolute atomic E-state index is 0.0250. The van der Waals surface area contributed by atoms with E-state index in [1.165, 1.54) is 0 Å². The molecule has 84 valence electrons. The monoisotopic (exact) mass is 231 g/mol. The third kappa shape index (κ3) is 3.32. The molecule has 0 radical (unpaired) electrons. The number of ketones is 2. The van der Waals surface area contributed by atoms with Gasteiger partial charge in [0, 0.05) is 0 Å². The lowest BCUT2D eigenvalue weighted by Gasteiger charge is -2.24. The zero-order valence-corrected chi connectivity index (χ0v) is 9.64. The van der Waals surface area contributed by atoms with Crippen molar-refractivity contribution in [3.05, 3.63) is 0 Å². The lowest BCUT2D eigenvalue weighted by Crippen LogP contribution is -2.45. The maximum absolute atomic E-state index is 11.5. The van der Waals surface area contributed by atoms with E-state index < -0.39 is 28.4 Å². The molecular formula is C9H13NO4S. The highest BCUT2D eigenvalue weighted by Crippen LogP contribution is 2.18. The molecule has 1 saturated heterocycles. The highest BCUT2D eigenvalue weighted by molar-refractivity contribution is 7.99. The van der Waals surface area contributed by atoms with Gasteiger partial charge in [-0.1, -0.05) is 11.9 Å². The van der Waals surface area contributed by atoms with Gasteiger partial charge in [0.25, 0.3) is 0 Å². The van der Waals surface area contributed by atoms with E-state index in [9.17, 15) is 14.4 Å². The quantitative estimate of drug-likeness (QED) is 0.298. The van der Waals surface area contributed by atoms with E-state index in [1.807, 2.05) is 0 Å². The Morgan fingerprint density at radius 2 is 2.07 bits per heavy atom. The predicted molar refractivity (Wildman–Crippen MR) is 55.2 cm³/mol. The molecule has 1 atom stereocenters. The Hall–Kier alpha value is -0.880. The topological polar surface area (TPSA) is 72.5 Å². The Morgan fingerprint density at radius 3 is 2.60 bits per heavy atom. The van der Waals surface area contributed by atoms with Gasteiger partial charge in [-0.2, -0.15) is 0 Å². The first-order valence-corrected chi connectivity index (χ1v) is 5.37. The van der Waals surface area contributed by atoms with Crippen molar-refractivity contribution in [1.82, 2.24) is 4.72 Å². The van der Waals surface area contributed by atoms with Gasteiger partial charge in [0.15, 0.2) is 5.25 Å². The summed E-state index contributed by atoms with van der Waals surface area (Å²) in [6, 6.07) is 0. The summed E-state index contributed by atoms with van der Waals surface area (Å²) < 4.78 is 7.65. The molecule has 0 aliphatic carbocycles. The Kier molecular flexibility index (Phi) is 3.51. The van der Waals surface area contributed by atoms with Crippen LogP contribution in [0.25, 0.3) is 0 Å². The average molecular weight is 231 g/mol. The first kappa shape index (κ1) is 12.2. The number of esters is 1. The summed E-state index contributed by atoms with van der Waals surface area (Å²) in [5, 5.41) is -1.06. The van der Waals surface area contributed by atoms with Crippen LogP contribution in [0.2, 0.25) is 0 Å². The molecule has 15 heavy (non-hydrogen) atoms. The molecule has 1 unspecified atom stereocenters. The molecular weight excluding hydrogens is 218 g/mol. The standard InChI is InChI=1S/C9H13NO4S/c1-9(2,3)14-8(13)7-6(12)5(11)4-10-15-7/h7,10H,4H2,1-3H3. The normalized spacial score (nSPS) is 22.7. The van der Waals surface area contributed by atoms with Crippen LogP contribution in [0.3, 0.4) is 0 Å². The fourth-order valence-electron chi connectivity index (χ4n) is 0.988. The number of rotatable bonds is 1. The SMILES string of the molecule is CC(C)(C)OC(=O)C1SNCC(=O)C1=O. The van der Waals surface area contributed by atoms with Crippen LogP contribution in [0, 0.1) is 0 Å². The number of carbonyl (C=O) groups is 3. The van der Waals surface area contributed by atoms with Crippen LogP contribution in [-0.2, 0) is 19.1 Å². The molecule has 1 heterocycles. The summed E-state index contributed by atoms with van der Waals surface area (Å²) in [7, 11) is 0. The number of Topliss-reactive ketones (excluding diaryl/α,β-unsaturated/α-hetero) is 2. The van der Waals surface area contributed by atoms with Crippen molar-refractivity contribution >= 4 is 29.5 Å². The van der Waals surface area contributed by atoms with E-state index in [0.717, 1.165) is 11.9 Å². The second kappa shape index (κ2) is 4.32. The van der Waals surface area contributed by atoms with E-state index in [0.29, 0.717) is 0 Å². The third-order valence-electron chi connectivity index (χ3n) is 1.57. The molecule has 0 saturated carbocycles. The summed E-state index contributed by atoms with van der Waals surface area (Å²) in [5.41, 5.74) is -0.654. The lowest BCUT2D eigenvalue weighted by molar-refractivity contribution is -0.156. The summed E-state index contributed by atoms with van der Waals surface area (Å²) >= 11 is 0.929. The summed E-state index contributed by atoms with van der Waals surface area (Å²) in [6.07, 6.45) is 0. The van der Waals surface area contributed by atoms with Crippen molar-refractivity contribution in [3.63, 3.8) is 0 Å². The van der Waals surface area contributed by atoms with Crippen LogP contribution in [0.15, 0.2) is 0 Å². The first-order chi connectivity index (χ1) is 6.81. The average Bonchev–Trinajstić information content (AvgIpc) is 2.06. The number of carbonyl (C=O) groups excluding carboxylic acids is 3. The number of nitrogens with one attached hydrogen (secondary N) is 1. The van der Waals surface area contributed by atoms with Gasteiger partial charge in [-0.3, -0.25) is 19.1 Å². The fourth-order valence-corrected chi connectivity index (χ4v) is 1.75. The molecule has 0 aromatic rings. The van der Waals surface area contributed by atoms with Crippen LogP contribution >= 0.6 is 11.9 Å². The van der Waals surface area contributed by atoms with E-state index >= 15 is 0 Å². The molecule has 1 fully saturated rings. The largest absolute Gasteiger partial charge is 0.459 e. The zero-order chi connectivity index (χ0) is 11.6. The molecule has 0 aromatic carbocycles. The summed E-state index contributed by atoms with van der Waals surface area (Å²) in [5.74, 6) is -1.93. The molecule has 1 rings (SSSR count). The second-order valence-electron chi connectivity index (χ2n) is 4.14. The van der Waals surface area contributed by atoms with Crippen molar-refractivity contribution in [2.45, 2.75) is 31.6 Å². The molecule has 6 heteroatoms. The van der Waals surface area contributed by atoms with Crippen molar-refractivity contribution in [2.75, 3.05) is 6.54 Å². The van der Waals surface area contributed by atoms with E-state index in [1.54, 1.807) is 20.8 Å². The number of hydrogen-bond donors (Lipinski definition) is 1. The Bertz CT molecular complexity index is 308. The molecule has 5 nitrogen and oxygen atoms in total. The minimum atomic E-state index is -1.06. The van der Waals surface area contributed by atoms with Crippen molar-refractivity contribution in [3.8, 4) is 0 Å². The van der Waals surface area contributed by atoms with Gasteiger partial charge in [-0.15, -0.1) is 0 Å². The number of ether oxygens (including phenoxy) is 1. The van der Waals surface area contributed by atoms with Crippen LogP contribution in [0.1, 0.15) is 20.8 Å². The van der Waals surface area contributed by atoms with E-state index in [2.05, 4.69) is 4.72 Å². The van der Waals surface area contributed by atoms with E-state index in [-0.39, 0.29) is 6.54 Å². The fraction of sp³-hybridized carbons (Fsp3) is 0.667. The van der Waals surface area contributed by atoms with Crippen LogP contribution in [-0.4, -0.2) is 34.9 Å². The first-order valence-electron chi connectivity index (χ1n) is 4.49. The zero-order valence-electron chi connectivity index (χ0n) is 8.83. The van der Waals surface area contributed by atoms with Gasteiger partial charge >= 0.3 is 5.97 Å². The van der Waals surface area contributed by atoms with Crippen molar-refractivity contribution in [2.24, 2.45) is 0 Å². The molecule has 0 spiro atoms. The van der Waals surface area contributed by atoms with E-state index in [4.69, 9.17) is 4.74 Å². The minimum Gasteiger partial charge on any atom is -0.459 e. The van der Waals surface area contributed by atoms with Gasteiger partial charge in [-0.05, 0) is 20.8 Å². The predicted octanol–water partition coefficient (Wildman–Crippen LogP) is 0.0863. The van der Waals surface area contributed by atoms with Crippen LogP contribution < -0.4 is 4.72 Å². The Morgan fingerprint density at radius 1 is 1.47 bits per heavy atom. The summed E-state index contributed by atoms with van der Waals surface area (Å²) in [4.78, 5) is 33.9. The second-order valence-corrected chi connectivity index (χ2v) is 5.14. The highest BCUT2D eigenvalue weighted by atomic mass is 32.2. The van der Waals surface area contributed by atoms with Crippen LogP contribution in [0.4, 0.5) is 0 Å². The summed E-state index contributed by atoms with van der Waals surface area (Å²) in [6.45, 7) is 5.09. The molecule has 0 bridgehead atoms. The maximum Gasteiger partial charge on any atom is 0.329 e. The number of hydrogen-bond acceptors (Lipinski definition) is 6. The van der Waals surface area contributed by atoms with Gasteiger partial charge in [0.2, 0.25) is 11.6 Å². The Balaban J connectivity index is 2.67. The molecule has 0 amide bonds. The highest BCUT2D eigenvalue weighted by Gasteiger charge is 2.38. The van der Waals surface area contributed by atoms with Gasteiger partial charge in [0.1, 0.15) is 5.60 Å². The van der Waals surface area contributed by atoms with Gasteiger partial charge < -0.3 is 4.74 Å². The van der Waals surface area contributed by atoms with Gasteiger partial charge in [0.05, 0.1) is 6.54 Å². The molecule has 0 aromatic heterocycles. The molecule has 1 N–H and O–H groups in total. The maximum atomic E-state index is 11.5. The smallest absolute Gasteiger partial charge is 0.329 e. The molecule has 1 aliphatic heterocycles.